The summed E-state index contributed by atoms with van der Waals surface area (Å²) in [5, 5.41) is 6.05. The van der Waals surface area contributed by atoms with Gasteiger partial charge in [0.25, 0.3) is 0 Å². The van der Waals surface area contributed by atoms with Crippen LogP contribution in [0.5, 0.6) is 0 Å². The minimum Gasteiger partial charge on any atom is -0.371 e. The third-order valence-electron chi connectivity index (χ3n) is 6.01. The molecular formula is C21H33FN4O. The summed E-state index contributed by atoms with van der Waals surface area (Å²) in [6.07, 6.45) is 4.86. The fourth-order valence-corrected chi connectivity index (χ4v) is 4.32. The molecule has 2 amide bonds. The lowest BCUT2D eigenvalue weighted by molar-refractivity contribution is 0.114. The molecule has 0 aromatic heterocycles. The number of urea groups is 1. The molecule has 0 aliphatic carbocycles. The van der Waals surface area contributed by atoms with E-state index in [1.54, 1.807) is 0 Å². The molecule has 2 aliphatic heterocycles. The number of hydrogen-bond acceptors (Lipinski definition) is 3. The van der Waals surface area contributed by atoms with E-state index < -0.39 is 0 Å². The fraction of sp³-hybridized carbons (Fsp3) is 0.667. The molecule has 2 fully saturated rings. The van der Waals surface area contributed by atoms with E-state index in [0.29, 0.717) is 31.1 Å². The van der Waals surface area contributed by atoms with Gasteiger partial charge in [0.15, 0.2) is 0 Å². The maximum absolute atomic E-state index is 13.1. The van der Waals surface area contributed by atoms with Crippen LogP contribution in [0.4, 0.5) is 14.9 Å². The molecule has 1 aromatic carbocycles. The standard InChI is InChI=1S/C21H33FN4O/c1-16-5-3-4-11-26(16)17(2)13-23-21(27)24-14-18-10-12-25(15-18)20-8-6-19(22)7-9-20/h6-9,16-18H,3-5,10-15H2,1-2H3,(H2,23,24,27)/t16-,17-,18-/m1/s1. The van der Waals surface area contributed by atoms with Crippen LogP contribution in [-0.4, -0.2) is 55.7 Å². The Morgan fingerprint density at radius 1 is 1.19 bits per heavy atom. The third kappa shape index (κ3) is 5.58. The molecule has 6 heteroatoms. The van der Waals surface area contributed by atoms with E-state index in [1.807, 2.05) is 12.1 Å². The highest BCUT2D eigenvalue weighted by Crippen LogP contribution is 2.23. The van der Waals surface area contributed by atoms with Crippen molar-refractivity contribution in [3.8, 4) is 0 Å². The molecule has 2 aliphatic rings. The lowest BCUT2D eigenvalue weighted by atomic mass is 10.0. The molecule has 2 saturated heterocycles. The van der Waals surface area contributed by atoms with Gasteiger partial charge in [0.2, 0.25) is 0 Å². The highest BCUT2D eigenvalue weighted by atomic mass is 19.1. The smallest absolute Gasteiger partial charge is 0.314 e. The van der Waals surface area contributed by atoms with Gasteiger partial charge in [-0.25, -0.2) is 9.18 Å². The SMILES string of the molecule is C[C@@H]1CCCCN1[C@H](C)CNC(=O)NC[C@H]1CCN(c2ccc(F)cc2)C1. The van der Waals surface area contributed by atoms with Crippen LogP contribution >= 0.6 is 0 Å². The molecule has 0 spiro atoms. The number of benzene rings is 1. The van der Waals surface area contributed by atoms with Gasteiger partial charge in [-0.2, -0.15) is 0 Å². The molecule has 2 N–H and O–H groups in total. The number of nitrogens with one attached hydrogen (secondary N) is 2. The number of carbonyl (C=O) groups is 1. The van der Waals surface area contributed by atoms with Crippen LogP contribution in [0.15, 0.2) is 24.3 Å². The van der Waals surface area contributed by atoms with Gasteiger partial charge in [-0.3, -0.25) is 4.90 Å². The van der Waals surface area contributed by atoms with Gasteiger partial charge in [-0.15, -0.1) is 0 Å². The van der Waals surface area contributed by atoms with E-state index in [4.69, 9.17) is 0 Å². The number of halogens is 1. The third-order valence-corrected chi connectivity index (χ3v) is 6.01. The second kappa shape index (κ2) is 9.40. The number of carbonyl (C=O) groups excluding carboxylic acids is 1. The summed E-state index contributed by atoms with van der Waals surface area (Å²) >= 11 is 0. The van der Waals surface area contributed by atoms with Crippen molar-refractivity contribution in [2.75, 3.05) is 37.6 Å². The molecule has 3 rings (SSSR count). The van der Waals surface area contributed by atoms with Crippen LogP contribution in [0.3, 0.4) is 0 Å². The zero-order valence-electron chi connectivity index (χ0n) is 16.6. The molecule has 150 valence electrons. The number of amides is 2. The van der Waals surface area contributed by atoms with Crippen molar-refractivity contribution in [2.24, 2.45) is 5.92 Å². The van der Waals surface area contributed by atoms with E-state index >= 15 is 0 Å². The molecule has 0 bridgehead atoms. The van der Waals surface area contributed by atoms with E-state index in [1.165, 1.54) is 31.4 Å². The van der Waals surface area contributed by atoms with Gasteiger partial charge < -0.3 is 15.5 Å². The Hall–Kier alpha value is -1.82. The molecule has 2 heterocycles. The summed E-state index contributed by atoms with van der Waals surface area (Å²) in [7, 11) is 0. The molecule has 0 radical (unpaired) electrons. The van der Waals surface area contributed by atoms with Gasteiger partial charge in [-0.05, 0) is 69.8 Å². The highest BCUT2D eigenvalue weighted by molar-refractivity contribution is 5.73. The lowest BCUT2D eigenvalue weighted by Gasteiger charge is -2.38. The lowest BCUT2D eigenvalue weighted by Crippen LogP contribution is -2.50. The first-order valence-corrected chi connectivity index (χ1v) is 10.3. The summed E-state index contributed by atoms with van der Waals surface area (Å²) in [5.41, 5.74) is 1.05. The largest absolute Gasteiger partial charge is 0.371 e. The number of rotatable bonds is 6. The summed E-state index contributed by atoms with van der Waals surface area (Å²) in [6, 6.07) is 7.53. The quantitative estimate of drug-likeness (QED) is 0.801. The van der Waals surface area contributed by atoms with Crippen molar-refractivity contribution >= 4 is 11.7 Å². The Morgan fingerprint density at radius 2 is 1.96 bits per heavy atom. The van der Waals surface area contributed by atoms with Gasteiger partial charge in [-0.1, -0.05) is 6.42 Å². The van der Waals surface area contributed by atoms with E-state index in [2.05, 4.69) is 34.3 Å². The number of nitrogens with zero attached hydrogens (tertiary/aromatic N) is 2. The Bertz CT molecular complexity index is 609. The van der Waals surface area contributed by atoms with Crippen molar-refractivity contribution in [3.05, 3.63) is 30.1 Å². The van der Waals surface area contributed by atoms with Crippen LogP contribution < -0.4 is 15.5 Å². The Balaban J connectivity index is 1.35. The van der Waals surface area contributed by atoms with E-state index in [9.17, 15) is 9.18 Å². The topological polar surface area (TPSA) is 47.6 Å². The molecule has 3 atom stereocenters. The molecule has 0 unspecified atom stereocenters. The van der Waals surface area contributed by atoms with Crippen molar-refractivity contribution in [3.63, 3.8) is 0 Å². The van der Waals surface area contributed by atoms with Gasteiger partial charge >= 0.3 is 6.03 Å². The Morgan fingerprint density at radius 3 is 2.70 bits per heavy atom. The number of likely N-dealkylation sites (tertiary alicyclic amines) is 1. The summed E-state index contributed by atoms with van der Waals surface area (Å²) in [5.74, 6) is 0.223. The Labute approximate surface area is 162 Å². The average Bonchev–Trinajstić information content (AvgIpc) is 3.14. The van der Waals surface area contributed by atoms with Gasteiger partial charge in [0, 0.05) is 44.0 Å². The predicted octanol–water partition coefficient (Wildman–Crippen LogP) is 3.21. The second-order valence-electron chi connectivity index (χ2n) is 8.10. The maximum atomic E-state index is 13.1. The summed E-state index contributed by atoms with van der Waals surface area (Å²) < 4.78 is 13.1. The molecular weight excluding hydrogens is 343 g/mol. The maximum Gasteiger partial charge on any atom is 0.314 e. The van der Waals surface area contributed by atoms with Crippen molar-refractivity contribution in [2.45, 2.75) is 51.6 Å². The van der Waals surface area contributed by atoms with Gasteiger partial charge in [0.05, 0.1) is 0 Å². The van der Waals surface area contributed by atoms with Crippen LogP contribution in [0.1, 0.15) is 39.5 Å². The minimum atomic E-state index is -0.207. The van der Waals surface area contributed by atoms with Crippen molar-refractivity contribution in [1.82, 2.24) is 15.5 Å². The van der Waals surface area contributed by atoms with Crippen molar-refractivity contribution < 1.29 is 9.18 Å². The number of hydrogen-bond donors (Lipinski definition) is 2. The number of piperidine rings is 1. The first kappa shape index (κ1) is 19.9. The first-order chi connectivity index (χ1) is 13.0. The fourth-order valence-electron chi connectivity index (χ4n) is 4.32. The van der Waals surface area contributed by atoms with Crippen LogP contribution in [0.2, 0.25) is 0 Å². The van der Waals surface area contributed by atoms with Crippen LogP contribution in [0.25, 0.3) is 0 Å². The monoisotopic (exact) mass is 376 g/mol. The van der Waals surface area contributed by atoms with Crippen LogP contribution in [-0.2, 0) is 0 Å². The summed E-state index contributed by atoms with van der Waals surface area (Å²) in [4.78, 5) is 16.9. The predicted molar refractivity (Wildman–Crippen MR) is 108 cm³/mol. The molecule has 0 saturated carbocycles. The zero-order chi connectivity index (χ0) is 19.2. The second-order valence-corrected chi connectivity index (χ2v) is 8.10. The minimum absolute atomic E-state index is 0.0771. The van der Waals surface area contributed by atoms with Gasteiger partial charge in [0.1, 0.15) is 5.82 Å². The molecule has 5 nitrogen and oxygen atoms in total. The zero-order valence-corrected chi connectivity index (χ0v) is 16.6. The van der Waals surface area contributed by atoms with E-state index in [0.717, 1.165) is 31.7 Å². The number of anilines is 1. The first-order valence-electron chi connectivity index (χ1n) is 10.3. The summed E-state index contributed by atoms with van der Waals surface area (Å²) in [6.45, 7) is 8.81. The molecule has 1 aromatic rings. The van der Waals surface area contributed by atoms with Crippen molar-refractivity contribution in [1.29, 1.82) is 0 Å². The molecule has 27 heavy (non-hydrogen) atoms. The van der Waals surface area contributed by atoms with Crippen LogP contribution in [0, 0.1) is 11.7 Å². The Kier molecular flexibility index (Phi) is 6.94. The highest BCUT2D eigenvalue weighted by Gasteiger charge is 2.25. The average molecular weight is 377 g/mol. The van der Waals surface area contributed by atoms with E-state index in [-0.39, 0.29) is 11.8 Å². The normalized spacial score (nSPS) is 24.6.